The van der Waals surface area contributed by atoms with Gasteiger partial charge in [0.15, 0.2) is 5.75 Å². The number of H-pyrrole nitrogens is 1. The molecule has 4 rings (SSSR count). The van der Waals surface area contributed by atoms with Crippen LogP contribution in [0, 0.1) is 0 Å². The lowest BCUT2D eigenvalue weighted by Gasteiger charge is -2.19. The van der Waals surface area contributed by atoms with Crippen LogP contribution in [0.1, 0.15) is 26.0 Å². The number of anilines is 1. The Balaban J connectivity index is 1.69. The second-order valence-corrected chi connectivity index (χ2v) is 6.55. The largest absolute Gasteiger partial charge is 0.421 e. The zero-order chi connectivity index (χ0) is 18.8. The van der Waals surface area contributed by atoms with Crippen LogP contribution in [0.4, 0.5) is 5.82 Å². The van der Waals surface area contributed by atoms with E-state index < -0.39 is 0 Å². The minimum absolute atomic E-state index is 0.0160. The van der Waals surface area contributed by atoms with Crippen LogP contribution in [-0.2, 0) is 11.2 Å². The van der Waals surface area contributed by atoms with Crippen molar-refractivity contribution in [2.24, 2.45) is 0 Å². The number of ether oxygens (including phenoxy) is 1. The Kier molecular flexibility index (Phi) is 4.57. The minimum atomic E-state index is -0.0160. The molecular weight excluding hydrogens is 346 g/mol. The van der Waals surface area contributed by atoms with Gasteiger partial charge in [0.25, 0.3) is 0 Å². The van der Waals surface area contributed by atoms with Gasteiger partial charge < -0.3 is 19.9 Å². The van der Waals surface area contributed by atoms with Crippen LogP contribution in [0.2, 0.25) is 0 Å². The topological polar surface area (TPSA) is 109 Å². The molecule has 0 radical (unpaired) electrons. The molecular formula is C18H21N7O2. The average Bonchev–Trinajstić information content (AvgIpc) is 3.28. The molecule has 1 saturated heterocycles. The predicted octanol–water partition coefficient (Wildman–Crippen LogP) is 1.82. The lowest BCUT2D eigenvalue weighted by molar-refractivity contribution is -0.119. The summed E-state index contributed by atoms with van der Waals surface area (Å²) in [6.07, 6.45) is 6.31. The molecule has 0 spiro atoms. The molecule has 1 aliphatic heterocycles. The number of aromatic amines is 1. The molecule has 1 fully saturated rings. The van der Waals surface area contributed by atoms with Crippen LogP contribution >= 0.6 is 0 Å². The van der Waals surface area contributed by atoms with Gasteiger partial charge in [-0.25, -0.2) is 9.97 Å². The van der Waals surface area contributed by atoms with Gasteiger partial charge in [-0.05, 0) is 18.9 Å². The van der Waals surface area contributed by atoms with Crippen molar-refractivity contribution < 1.29 is 9.53 Å². The van der Waals surface area contributed by atoms with Crippen LogP contribution in [0.25, 0.3) is 11.0 Å². The Bertz CT molecular complexity index is 957. The van der Waals surface area contributed by atoms with Gasteiger partial charge in [-0.15, -0.1) is 0 Å². The Morgan fingerprint density at radius 3 is 2.93 bits per heavy atom. The number of hydrogen-bond acceptors (Lipinski definition) is 7. The lowest BCUT2D eigenvalue weighted by atomic mass is 10.2. The monoisotopic (exact) mass is 367 g/mol. The smallest absolute Gasteiger partial charge is 0.326 e. The van der Waals surface area contributed by atoms with E-state index >= 15 is 0 Å². The molecule has 0 aliphatic carbocycles. The van der Waals surface area contributed by atoms with Crippen molar-refractivity contribution in [1.82, 2.24) is 30.2 Å². The standard InChI is InChI=1S/C18H21N7O2/c1-3-12-6-15-16(22-12)23-18(27-14-7-19-10-20-8-14)24-17(15)25-5-4-13(9-25)21-11(2)26/h6-8,10,13H,3-5,9H2,1-2H3,(H,21,26)(H,22,23,24)/t13-/m1/s1. The van der Waals surface area contributed by atoms with E-state index in [1.165, 1.54) is 6.33 Å². The van der Waals surface area contributed by atoms with E-state index in [2.05, 4.69) is 48.1 Å². The molecule has 0 unspecified atom stereocenters. The third kappa shape index (κ3) is 3.67. The molecule has 1 aliphatic rings. The van der Waals surface area contributed by atoms with Crippen molar-refractivity contribution in [3.05, 3.63) is 30.5 Å². The summed E-state index contributed by atoms with van der Waals surface area (Å²) in [5, 5.41) is 3.93. The first-order chi connectivity index (χ1) is 13.1. The van der Waals surface area contributed by atoms with Crippen molar-refractivity contribution in [2.45, 2.75) is 32.7 Å². The van der Waals surface area contributed by atoms with Crippen LogP contribution in [-0.4, -0.2) is 50.0 Å². The van der Waals surface area contributed by atoms with Crippen molar-refractivity contribution in [2.75, 3.05) is 18.0 Å². The number of hydrogen-bond donors (Lipinski definition) is 2. The van der Waals surface area contributed by atoms with Gasteiger partial charge in [0.2, 0.25) is 5.91 Å². The summed E-state index contributed by atoms with van der Waals surface area (Å²) in [7, 11) is 0. The number of aryl methyl sites for hydroxylation is 1. The van der Waals surface area contributed by atoms with Crippen LogP contribution in [0.15, 0.2) is 24.8 Å². The number of aromatic nitrogens is 5. The number of nitrogens with zero attached hydrogens (tertiary/aromatic N) is 5. The fraction of sp³-hybridized carbons (Fsp3) is 0.389. The lowest BCUT2D eigenvalue weighted by Crippen LogP contribution is -2.35. The molecule has 2 N–H and O–H groups in total. The summed E-state index contributed by atoms with van der Waals surface area (Å²) < 4.78 is 5.76. The van der Waals surface area contributed by atoms with Crippen molar-refractivity contribution in [1.29, 1.82) is 0 Å². The molecule has 27 heavy (non-hydrogen) atoms. The average molecular weight is 367 g/mol. The number of amides is 1. The summed E-state index contributed by atoms with van der Waals surface area (Å²) in [4.78, 5) is 33.9. The molecule has 1 atom stereocenters. The first-order valence-electron chi connectivity index (χ1n) is 8.97. The molecule has 9 nitrogen and oxygen atoms in total. The highest BCUT2D eigenvalue weighted by Crippen LogP contribution is 2.30. The van der Waals surface area contributed by atoms with E-state index in [1.807, 2.05) is 0 Å². The maximum absolute atomic E-state index is 11.4. The summed E-state index contributed by atoms with van der Waals surface area (Å²) in [6, 6.07) is 2.43. The van der Waals surface area contributed by atoms with Gasteiger partial charge in [0, 0.05) is 31.7 Å². The second-order valence-electron chi connectivity index (χ2n) is 6.55. The maximum Gasteiger partial charge on any atom is 0.326 e. The van der Waals surface area contributed by atoms with Gasteiger partial charge in [-0.3, -0.25) is 4.79 Å². The van der Waals surface area contributed by atoms with Crippen molar-refractivity contribution in [3.63, 3.8) is 0 Å². The first kappa shape index (κ1) is 17.2. The number of carbonyl (C=O) groups excluding carboxylic acids is 1. The third-order valence-corrected chi connectivity index (χ3v) is 4.52. The highest BCUT2D eigenvalue weighted by Gasteiger charge is 2.27. The van der Waals surface area contributed by atoms with Crippen molar-refractivity contribution in [3.8, 4) is 11.8 Å². The van der Waals surface area contributed by atoms with Crippen LogP contribution in [0.3, 0.4) is 0 Å². The summed E-state index contributed by atoms with van der Waals surface area (Å²) in [6.45, 7) is 5.13. The highest BCUT2D eigenvalue weighted by atomic mass is 16.5. The zero-order valence-electron chi connectivity index (χ0n) is 15.3. The fourth-order valence-electron chi connectivity index (χ4n) is 3.31. The molecule has 4 heterocycles. The molecule has 3 aromatic rings. The summed E-state index contributed by atoms with van der Waals surface area (Å²) in [5.74, 6) is 1.26. The minimum Gasteiger partial charge on any atom is -0.421 e. The zero-order valence-corrected chi connectivity index (χ0v) is 15.3. The number of nitrogens with one attached hydrogen (secondary N) is 2. The van der Waals surface area contributed by atoms with Gasteiger partial charge >= 0.3 is 6.01 Å². The number of rotatable bonds is 5. The van der Waals surface area contributed by atoms with Gasteiger partial charge in [-0.2, -0.15) is 9.97 Å². The molecule has 140 valence electrons. The molecule has 0 aromatic carbocycles. The maximum atomic E-state index is 11.4. The molecule has 0 saturated carbocycles. The second kappa shape index (κ2) is 7.18. The molecule has 1 amide bonds. The van der Waals surface area contributed by atoms with Crippen LogP contribution in [0.5, 0.6) is 11.8 Å². The highest BCUT2D eigenvalue weighted by molar-refractivity contribution is 5.89. The van der Waals surface area contributed by atoms with Gasteiger partial charge in [0.1, 0.15) is 17.8 Å². The normalized spacial score (nSPS) is 16.7. The van der Waals surface area contributed by atoms with E-state index in [-0.39, 0.29) is 18.0 Å². The number of carbonyl (C=O) groups is 1. The van der Waals surface area contributed by atoms with Gasteiger partial charge in [-0.1, -0.05) is 6.92 Å². The Morgan fingerprint density at radius 2 is 2.19 bits per heavy atom. The van der Waals surface area contributed by atoms with E-state index in [4.69, 9.17) is 4.74 Å². The van der Waals surface area contributed by atoms with Crippen LogP contribution < -0.4 is 15.0 Å². The summed E-state index contributed by atoms with van der Waals surface area (Å²) >= 11 is 0. The summed E-state index contributed by atoms with van der Waals surface area (Å²) in [5.41, 5.74) is 1.81. The van der Waals surface area contributed by atoms with E-state index in [0.29, 0.717) is 12.3 Å². The Hall–Kier alpha value is -3.23. The van der Waals surface area contributed by atoms with E-state index in [1.54, 1.807) is 19.3 Å². The van der Waals surface area contributed by atoms with E-state index in [9.17, 15) is 4.79 Å². The number of fused-ring (bicyclic) bond motifs is 1. The van der Waals surface area contributed by atoms with Crippen molar-refractivity contribution >= 4 is 22.8 Å². The molecule has 3 aromatic heterocycles. The SMILES string of the molecule is CCc1cc2c(N3CC[C@@H](NC(C)=O)C3)nc(Oc3cncnc3)nc2[nH]1. The molecule has 9 heteroatoms. The van der Waals surface area contributed by atoms with Gasteiger partial charge in [0.05, 0.1) is 17.8 Å². The third-order valence-electron chi connectivity index (χ3n) is 4.52. The molecule has 0 bridgehead atoms. The Labute approximate surface area is 156 Å². The van der Waals surface area contributed by atoms with E-state index in [0.717, 1.165) is 41.9 Å². The quantitative estimate of drug-likeness (QED) is 0.708. The fourth-order valence-corrected chi connectivity index (χ4v) is 3.31. The first-order valence-corrected chi connectivity index (χ1v) is 8.97. The predicted molar refractivity (Wildman–Crippen MR) is 99.8 cm³/mol. The Morgan fingerprint density at radius 1 is 1.37 bits per heavy atom.